The van der Waals surface area contributed by atoms with Crippen LogP contribution in [0.25, 0.3) is 5.57 Å². The van der Waals surface area contributed by atoms with Crippen molar-refractivity contribution in [1.29, 1.82) is 0 Å². The Bertz CT molecular complexity index is 1510. The molecule has 2 amide bonds. The van der Waals surface area contributed by atoms with E-state index in [9.17, 15) is 19.7 Å². The third-order valence-electron chi connectivity index (χ3n) is 8.08. The highest BCUT2D eigenvalue weighted by molar-refractivity contribution is 6.24. The van der Waals surface area contributed by atoms with E-state index >= 15 is 0 Å². The van der Waals surface area contributed by atoms with E-state index in [-0.39, 0.29) is 29.0 Å². The number of hydrogen-bond donors (Lipinski definition) is 0. The van der Waals surface area contributed by atoms with Gasteiger partial charge in [-0.05, 0) is 58.7 Å². The number of nitro benzene ring substituents is 1. The lowest BCUT2D eigenvalue weighted by Crippen LogP contribution is -2.33. The van der Waals surface area contributed by atoms with E-state index in [2.05, 4.69) is 0 Å². The summed E-state index contributed by atoms with van der Waals surface area (Å²) in [6.45, 7) is 0. The number of ether oxygens (including phenoxy) is 3. The highest BCUT2D eigenvalue weighted by atomic mass is 16.6. The lowest BCUT2D eigenvalue weighted by molar-refractivity contribution is -0.384. The molecule has 2 fully saturated rings. The molecule has 3 aliphatic rings. The smallest absolute Gasteiger partial charge is 0.297 e. The van der Waals surface area contributed by atoms with Crippen LogP contribution in [0.4, 0.5) is 11.4 Å². The van der Waals surface area contributed by atoms with Gasteiger partial charge in [0.1, 0.15) is 22.9 Å². The van der Waals surface area contributed by atoms with Gasteiger partial charge in [-0.1, -0.05) is 36.4 Å². The van der Waals surface area contributed by atoms with E-state index in [0.717, 1.165) is 27.2 Å². The molecular formula is C31H26N2O7. The van der Waals surface area contributed by atoms with Gasteiger partial charge >= 0.3 is 0 Å². The van der Waals surface area contributed by atoms with E-state index in [1.54, 1.807) is 14.2 Å². The van der Waals surface area contributed by atoms with Crippen LogP contribution in [0, 0.1) is 33.8 Å². The van der Waals surface area contributed by atoms with Crippen molar-refractivity contribution in [3.05, 3.63) is 106 Å². The van der Waals surface area contributed by atoms with Gasteiger partial charge in [0.05, 0.1) is 44.2 Å². The minimum Gasteiger partial charge on any atom is -0.497 e. The van der Waals surface area contributed by atoms with Crippen LogP contribution in [0.5, 0.6) is 17.2 Å². The maximum atomic E-state index is 13.9. The average molecular weight is 539 g/mol. The van der Waals surface area contributed by atoms with Gasteiger partial charge in [0, 0.05) is 11.8 Å². The molecule has 9 heteroatoms. The molecule has 1 saturated heterocycles. The SMILES string of the molecule is COc1ccc(C(=C2[C@H]3C=C[C@H]2[C@H]2C(=O)N(c4ccc(OC)cc4[N+](=O)[O-])C(=O)[C@@H]23)c2ccc(OC)cc2)cc1. The van der Waals surface area contributed by atoms with Crippen LogP contribution in [-0.4, -0.2) is 38.1 Å². The van der Waals surface area contributed by atoms with Crippen molar-refractivity contribution in [3.63, 3.8) is 0 Å². The molecule has 1 heterocycles. The molecule has 4 atom stereocenters. The van der Waals surface area contributed by atoms with Gasteiger partial charge in [0.25, 0.3) is 5.69 Å². The van der Waals surface area contributed by atoms with Crippen LogP contribution >= 0.6 is 0 Å². The standard InChI is InChI=1S/C31H26N2O7/c1-38-19-8-4-17(5-9-19)26(18-6-10-20(39-2)11-7-18)27-22-13-14-23(27)29-28(22)30(34)32(31(29)35)24-15-12-21(40-3)16-25(24)33(36)37/h4-16,22-23,28-29H,1-3H3/t22-,23-,28-,29-/m1/s1. The van der Waals surface area contributed by atoms with Crippen LogP contribution in [-0.2, 0) is 9.59 Å². The Balaban J connectivity index is 1.46. The van der Waals surface area contributed by atoms with E-state index in [4.69, 9.17) is 14.2 Å². The number of allylic oxidation sites excluding steroid dienone is 3. The maximum Gasteiger partial charge on any atom is 0.297 e. The van der Waals surface area contributed by atoms with Crippen molar-refractivity contribution in [3.8, 4) is 17.2 Å². The number of imide groups is 1. The fourth-order valence-electron chi connectivity index (χ4n) is 6.31. The number of nitrogens with zero attached hydrogens (tertiary/aromatic N) is 2. The van der Waals surface area contributed by atoms with Gasteiger partial charge in [-0.15, -0.1) is 0 Å². The zero-order valence-corrected chi connectivity index (χ0v) is 22.1. The summed E-state index contributed by atoms with van der Waals surface area (Å²) in [4.78, 5) is 40.0. The summed E-state index contributed by atoms with van der Waals surface area (Å²) < 4.78 is 15.8. The number of nitro groups is 1. The molecule has 1 aliphatic heterocycles. The van der Waals surface area contributed by atoms with Gasteiger partial charge in [-0.2, -0.15) is 0 Å². The van der Waals surface area contributed by atoms with E-state index in [1.165, 1.54) is 25.3 Å². The molecule has 0 aromatic heterocycles. The quantitative estimate of drug-likeness (QED) is 0.179. The van der Waals surface area contributed by atoms with Gasteiger partial charge in [-0.3, -0.25) is 19.7 Å². The number of amides is 2. The Hall–Kier alpha value is -4.92. The van der Waals surface area contributed by atoms with Crippen LogP contribution in [0.15, 0.2) is 84.5 Å². The first-order chi connectivity index (χ1) is 19.4. The van der Waals surface area contributed by atoms with Crippen molar-refractivity contribution in [2.45, 2.75) is 0 Å². The zero-order chi connectivity index (χ0) is 28.1. The molecule has 3 aromatic rings. The second-order valence-corrected chi connectivity index (χ2v) is 9.90. The fourth-order valence-corrected chi connectivity index (χ4v) is 6.31. The van der Waals surface area contributed by atoms with Crippen molar-refractivity contribution in [1.82, 2.24) is 0 Å². The summed E-state index contributed by atoms with van der Waals surface area (Å²) >= 11 is 0. The van der Waals surface area contributed by atoms with Gasteiger partial charge in [-0.25, -0.2) is 4.90 Å². The minimum atomic E-state index is -0.647. The second kappa shape index (κ2) is 9.68. The number of carbonyl (C=O) groups is 2. The first-order valence-corrected chi connectivity index (χ1v) is 12.8. The van der Waals surface area contributed by atoms with Crippen LogP contribution in [0.1, 0.15) is 11.1 Å². The summed E-state index contributed by atoms with van der Waals surface area (Å²) in [7, 11) is 4.61. The van der Waals surface area contributed by atoms with Crippen molar-refractivity contribution in [2.75, 3.05) is 26.2 Å². The monoisotopic (exact) mass is 538 g/mol. The number of rotatable bonds is 7. The molecule has 40 heavy (non-hydrogen) atoms. The highest BCUT2D eigenvalue weighted by Crippen LogP contribution is 2.59. The molecule has 0 spiro atoms. The lowest BCUT2D eigenvalue weighted by atomic mass is 9.85. The maximum absolute atomic E-state index is 13.9. The van der Waals surface area contributed by atoms with Crippen molar-refractivity contribution >= 4 is 28.8 Å². The number of benzene rings is 3. The highest BCUT2D eigenvalue weighted by Gasteiger charge is 2.63. The molecular weight excluding hydrogens is 512 g/mol. The Morgan fingerprint density at radius 2 is 1.18 bits per heavy atom. The van der Waals surface area contributed by atoms with Crippen molar-refractivity contribution < 1.29 is 28.7 Å². The number of hydrogen-bond acceptors (Lipinski definition) is 7. The van der Waals surface area contributed by atoms with E-state index in [1.807, 2.05) is 60.7 Å². The predicted molar refractivity (Wildman–Crippen MR) is 147 cm³/mol. The Morgan fingerprint density at radius 1 is 0.725 bits per heavy atom. The summed E-state index contributed by atoms with van der Waals surface area (Å²) in [6.07, 6.45) is 3.98. The molecule has 2 bridgehead atoms. The third kappa shape index (κ3) is 3.77. The van der Waals surface area contributed by atoms with Gasteiger partial charge in [0.15, 0.2) is 0 Å². The molecule has 3 aromatic carbocycles. The molecule has 2 aliphatic carbocycles. The molecule has 0 radical (unpaired) electrons. The van der Waals surface area contributed by atoms with Gasteiger partial charge < -0.3 is 14.2 Å². The molecule has 9 nitrogen and oxygen atoms in total. The average Bonchev–Trinajstić information content (AvgIpc) is 3.62. The number of fused-ring (bicyclic) bond motifs is 5. The Labute approximate surface area is 230 Å². The second-order valence-electron chi connectivity index (χ2n) is 9.90. The molecule has 0 N–H and O–H groups in total. The number of carbonyl (C=O) groups excluding carboxylic acids is 2. The largest absolute Gasteiger partial charge is 0.497 e. The lowest BCUT2D eigenvalue weighted by Gasteiger charge is -2.22. The third-order valence-corrected chi connectivity index (χ3v) is 8.08. The zero-order valence-electron chi connectivity index (χ0n) is 22.1. The summed E-state index contributed by atoms with van der Waals surface area (Å²) in [5.74, 6) is -1.10. The molecule has 202 valence electrons. The summed E-state index contributed by atoms with van der Waals surface area (Å²) in [5, 5.41) is 11.9. The van der Waals surface area contributed by atoms with Crippen LogP contribution < -0.4 is 19.1 Å². The first-order valence-electron chi connectivity index (χ1n) is 12.8. The molecule has 6 rings (SSSR count). The number of methoxy groups -OCH3 is 3. The normalized spacial score (nSPS) is 22.5. The van der Waals surface area contributed by atoms with Gasteiger partial charge in [0.2, 0.25) is 11.8 Å². The first kappa shape index (κ1) is 25.4. The van der Waals surface area contributed by atoms with E-state index < -0.39 is 28.6 Å². The summed E-state index contributed by atoms with van der Waals surface area (Å²) in [5.41, 5.74) is 3.42. The summed E-state index contributed by atoms with van der Waals surface area (Å²) in [6, 6.07) is 19.5. The topological polar surface area (TPSA) is 108 Å². The number of anilines is 1. The molecule has 0 unspecified atom stereocenters. The molecule has 1 saturated carbocycles. The van der Waals surface area contributed by atoms with E-state index in [0.29, 0.717) is 11.5 Å². The van der Waals surface area contributed by atoms with Crippen molar-refractivity contribution in [2.24, 2.45) is 23.7 Å². The van der Waals surface area contributed by atoms with Crippen LogP contribution in [0.2, 0.25) is 0 Å². The Morgan fingerprint density at radius 3 is 1.60 bits per heavy atom. The Kier molecular flexibility index (Phi) is 6.14. The minimum absolute atomic E-state index is 0.0364. The fraction of sp³-hybridized carbons (Fsp3) is 0.226. The van der Waals surface area contributed by atoms with Crippen LogP contribution in [0.3, 0.4) is 0 Å². The predicted octanol–water partition coefficient (Wildman–Crippen LogP) is 5.04.